The highest BCUT2D eigenvalue weighted by atomic mass is 31.2. The Hall–Kier alpha value is -0.710. The Morgan fingerprint density at radius 2 is 1.64 bits per heavy atom. The first-order chi connectivity index (χ1) is 10.5. The lowest BCUT2D eigenvalue weighted by Gasteiger charge is -2.40. The molecule has 0 saturated heterocycles. The van der Waals surface area contributed by atoms with E-state index in [-0.39, 0.29) is 6.54 Å². The van der Waals surface area contributed by atoms with Crippen molar-refractivity contribution in [1.82, 2.24) is 0 Å². The van der Waals surface area contributed by atoms with Crippen molar-refractivity contribution in [3.8, 4) is 0 Å². The molecule has 0 fully saturated rings. The summed E-state index contributed by atoms with van der Waals surface area (Å²) < 4.78 is 30.7. The van der Waals surface area contributed by atoms with E-state index in [0.717, 1.165) is 5.56 Å². The molecule has 2 N–H and O–H groups in total. The van der Waals surface area contributed by atoms with Crippen molar-refractivity contribution in [3.05, 3.63) is 35.9 Å². The average molecular weight is 329 g/mol. The van der Waals surface area contributed by atoms with E-state index < -0.39 is 18.6 Å². The maximum atomic E-state index is 13.8. The Morgan fingerprint density at radius 3 is 2.05 bits per heavy atom. The smallest absolute Gasteiger partial charge is 0.268 e. The van der Waals surface area contributed by atoms with Crippen molar-refractivity contribution in [1.29, 1.82) is 0 Å². The fourth-order valence-corrected chi connectivity index (χ4v) is 5.09. The molecule has 126 valence electrons. The summed E-state index contributed by atoms with van der Waals surface area (Å²) in [5.41, 5.74) is 6.88. The number of ether oxygens (including phenoxy) is 2. The van der Waals surface area contributed by atoms with Gasteiger partial charge in [-0.3, -0.25) is 4.57 Å². The lowest BCUT2D eigenvalue weighted by atomic mass is 10.0. The van der Waals surface area contributed by atoms with Crippen LogP contribution < -0.4 is 5.73 Å². The van der Waals surface area contributed by atoms with Crippen LogP contribution in [0.5, 0.6) is 0 Å². The summed E-state index contributed by atoms with van der Waals surface area (Å²) in [6.07, 6.45) is 0. The van der Waals surface area contributed by atoms with Crippen LogP contribution in [0, 0.1) is 0 Å². The van der Waals surface area contributed by atoms with Crippen molar-refractivity contribution < 1.29 is 18.6 Å². The fourth-order valence-electron chi connectivity index (χ4n) is 2.38. The third-order valence-electron chi connectivity index (χ3n) is 3.70. The molecule has 1 aromatic carbocycles. The second-order valence-electron chi connectivity index (χ2n) is 5.08. The van der Waals surface area contributed by atoms with Gasteiger partial charge in [-0.15, -0.1) is 0 Å². The third-order valence-corrected chi connectivity index (χ3v) is 7.01. The summed E-state index contributed by atoms with van der Waals surface area (Å²) in [7, 11) is -3.38. The molecular formula is C16H28NO4P. The molecule has 0 saturated carbocycles. The van der Waals surface area contributed by atoms with Gasteiger partial charge in [0.1, 0.15) is 0 Å². The standard InChI is InChI=1S/C16H28NO4P/c1-5-19-15(20-6-2)22(18,21-7-3)16(4,13-17)14-11-9-8-10-12-14/h8-12,15H,5-7,13,17H2,1-4H3. The SMILES string of the molecule is CCOC(OCC)P(=O)(OCC)C(C)(CN)c1ccccc1. The average Bonchev–Trinajstić information content (AvgIpc) is 2.54. The van der Waals surface area contributed by atoms with Gasteiger partial charge in [0.15, 0.2) is 0 Å². The topological polar surface area (TPSA) is 70.8 Å². The van der Waals surface area contributed by atoms with Crippen LogP contribution in [0.1, 0.15) is 33.3 Å². The first kappa shape index (κ1) is 19.3. The molecule has 1 rings (SSSR count). The maximum absolute atomic E-state index is 13.8. The number of nitrogens with two attached hydrogens (primary N) is 1. The van der Waals surface area contributed by atoms with Crippen molar-refractivity contribution in [2.75, 3.05) is 26.4 Å². The molecule has 0 aromatic heterocycles. The quantitative estimate of drug-likeness (QED) is 0.525. The molecule has 0 spiro atoms. The zero-order chi connectivity index (χ0) is 16.6. The Balaban J connectivity index is 3.37. The Labute approximate surface area is 133 Å². The van der Waals surface area contributed by atoms with Crippen molar-refractivity contribution in [3.63, 3.8) is 0 Å². The predicted octanol–water partition coefficient (Wildman–Crippen LogP) is 3.53. The van der Waals surface area contributed by atoms with Crippen molar-refractivity contribution in [2.45, 2.75) is 38.9 Å². The molecule has 0 aliphatic rings. The van der Waals surface area contributed by atoms with Gasteiger partial charge in [-0.1, -0.05) is 30.3 Å². The first-order valence-corrected chi connectivity index (χ1v) is 9.42. The van der Waals surface area contributed by atoms with Crippen LogP contribution in [0.3, 0.4) is 0 Å². The van der Waals surface area contributed by atoms with Crippen LogP contribution in [-0.2, 0) is 23.7 Å². The van der Waals surface area contributed by atoms with Crippen LogP contribution in [0.15, 0.2) is 30.3 Å². The largest absolute Gasteiger partial charge is 0.345 e. The molecular weight excluding hydrogens is 301 g/mol. The van der Waals surface area contributed by atoms with E-state index in [9.17, 15) is 4.57 Å². The second-order valence-corrected chi connectivity index (χ2v) is 7.94. The van der Waals surface area contributed by atoms with Gasteiger partial charge in [0.2, 0.25) is 6.03 Å². The molecule has 1 aromatic rings. The zero-order valence-corrected chi connectivity index (χ0v) is 14.8. The van der Waals surface area contributed by atoms with Gasteiger partial charge in [0.25, 0.3) is 7.37 Å². The molecule has 5 nitrogen and oxygen atoms in total. The molecule has 0 radical (unpaired) electrons. The number of rotatable bonds is 10. The number of benzene rings is 1. The Bertz CT molecular complexity index is 476. The van der Waals surface area contributed by atoms with E-state index in [1.54, 1.807) is 0 Å². The minimum atomic E-state index is -3.38. The molecule has 2 atom stereocenters. The lowest BCUT2D eigenvalue weighted by molar-refractivity contribution is -0.0909. The maximum Gasteiger partial charge on any atom is 0.268 e. The van der Waals surface area contributed by atoms with E-state index in [1.807, 2.05) is 58.0 Å². The summed E-state index contributed by atoms with van der Waals surface area (Å²) in [5.74, 6) is 0. The molecule has 0 aliphatic heterocycles. The summed E-state index contributed by atoms with van der Waals surface area (Å²) in [4.78, 5) is 0. The fraction of sp³-hybridized carbons (Fsp3) is 0.625. The van der Waals surface area contributed by atoms with Gasteiger partial charge >= 0.3 is 0 Å². The highest BCUT2D eigenvalue weighted by Crippen LogP contribution is 2.67. The Kier molecular flexibility index (Phi) is 7.74. The van der Waals surface area contributed by atoms with E-state index in [4.69, 9.17) is 19.7 Å². The van der Waals surface area contributed by atoms with Crippen molar-refractivity contribution in [2.24, 2.45) is 5.73 Å². The third kappa shape index (κ3) is 3.79. The van der Waals surface area contributed by atoms with Crippen LogP contribution in [0.25, 0.3) is 0 Å². The minimum Gasteiger partial charge on any atom is -0.345 e. The van der Waals surface area contributed by atoms with Crippen LogP contribution >= 0.6 is 7.37 Å². The van der Waals surface area contributed by atoms with E-state index in [0.29, 0.717) is 19.8 Å². The predicted molar refractivity (Wildman–Crippen MR) is 89.1 cm³/mol. The van der Waals surface area contributed by atoms with Gasteiger partial charge in [-0.25, -0.2) is 0 Å². The Morgan fingerprint density at radius 1 is 1.09 bits per heavy atom. The molecule has 0 bridgehead atoms. The van der Waals surface area contributed by atoms with Crippen LogP contribution in [-0.4, -0.2) is 32.4 Å². The molecule has 0 aliphatic carbocycles. The van der Waals surface area contributed by atoms with Gasteiger partial charge in [0.05, 0.1) is 11.8 Å². The monoisotopic (exact) mass is 329 g/mol. The summed E-state index contributed by atoms with van der Waals surface area (Å²) in [6.45, 7) is 8.58. The first-order valence-electron chi connectivity index (χ1n) is 7.73. The lowest BCUT2D eigenvalue weighted by Crippen LogP contribution is -2.38. The van der Waals surface area contributed by atoms with Gasteiger partial charge in [0, 0.05) is 19.8 Å². The van der Waals surface area contributed by atoms with Crippen molar-refractivity contribution >= 4 is 7.37 Å². The van der Waals surface area contributed by atoms with Gasteiger partial charge in [-0.05, 0) is 33.3 Å². The zero-order valence-electron chi connectivity index (χ0n) is 14.0. The summed E-state index contributed by atoms with van der Waals surface area (Å²) in [6, 6.07) is 8.61. The molecule has 22 heavy (non-hydrogen) atoms. The number of hydrogen-bond acceptors (Lipinski definition) is 5. The van der Waals surface area contributed by atoms with E-state index in [1.165, 1.54) is 0 Å². The van der Waals surface area contributed by atoms with E-state index >= 15 is 0 Å². The number of hydrogen-bond donors (Lipinski definition) is 1. The van der Waals surface area contributed by atoms with Gasteiger partial charge in [-0.2, -0.15) is 0 Å². The van der Waals surface area contributed by atoms with Crippen LogP contribution in [0.4, 0.5) is 0 Å². The van der Waals surface area contributed by atoms with Gasteiger partial charge < -0.3 is 19.7 Å². The highest BCUT2D eigenvalue weighted by Gasteiger charge is 2.52. The molecule has 2 unspecified atom stereocenters. The molecule has 6 heteroatoms. The summed E-state index contributed by atoms with van der Waals surface area (Å²) in [5, 5.41) is -0.876. The minimum absolute atomic E-state index is 0.172. The molecule has 0 amide bonds. The summed E-state index contributed by atoms with van der Waals surface area (Å²) >= 11 is 0. The van der Waals surface area contributed by atoms with E-state index in [2.05, 4.69) is 0 Å². The molecule has 0 heterocycles. The second kappa shape index (κ2) is 8.80. The highest BCUT2D eigenvalue weighted by molar-refractivity contribution is 7.60. The van der Waals surface area contributed by atoms with Crippen LogP contribution in [0.2, 0.25) is 0 Å². The normalized spacial score (nSPS) is 17.2.